The molecule has 0 saturated carbocycles. The molecule has 2 aromatic rings. The number of nitrogens with one attached hydrogen (secondary N) is 1. The van der Waals surface area contributed by atoms with Gasteiger partial charge >= 0.3 is 0 Å². The highest BCUT2D eigenvalue weighted by atomic mass is 19.1. The van der Waals surface area contributed by atoms with Crippen LogP contribution >= 0.6 is 0 Å². The van der Waals surface area contributed by atoms with Crippen molar-refractivity contribution in [2.24, 2.45) is 5.10 Å². The summed E-state index contributed by atoms with van der Waals surface area (Å²) in [7, 11) is 5.13. The van der Waals surface area contributed by atoms with E-state index in [9.17, 15) is 14.0 Å². The fraction of sp³-hybridized carbons (Fsp3) is 0.167. The Labute approximate surface area is 150 Å². The number of hydrogen-bond donors (Lipinski definition) is 2. The van der Waals surface area contributed by atoms with Gasteiger partial charge in [-0.05, 0) is 30.3 Å². The Morgan fingerprint density at radius 1 is 1.15 bits per heavy atom. The van der Waals surface area contributed by atoms with Crippen LogP contribution in [0.1, 0.15) is 26.3 Å². The Kier molecular flexibility index (Phi) is 6.03. The van der Waals surface area contributed by atoms with E-state index in [1.807, 2.05) is 31.1 Å². The lowest BCUT2D eigenvalue weighted by Crippen LogP contribution is -2.24. The van der Waals surface area contributed by atoms with Crippen LogP contribution in [0.5, 0.6) is 0 Å². The van der Waals surface area contributed by atoms with Crippen molar-refractivity contribution in [2.75, 3.05) is 26.0 Å². The quantitative estimate of drug-likeness (QED) is 0.487. The number of hydrogen-bond acceptors (Lipinski definition) is 5. The molecule has 0 aliphatic carbocycles. The lowest BCUT2D eigenvalue weighted by atomic mass is 10.1. The molecule has 0 spiro atoms. The summed E-state index contributed by atoms with van der Waals surface area (Å²) in [5, 5.41) is 13.6. The van der Waals surface area contributed by atoms with E-state index in [0.717, 1.165) is 16.8 Å². The maximum Gasteiger partial charge on any atom is 0.275 e. The minimum absolute atomic E-state index is 0.0357. The van der Waals surface area contributed by atoms with E-state index in [4.69, 9.17) is 5.21 Å². The first kappa shape index (κ1) is 19.1. The van der Waals surface area contributed by atoms with Gasteiger partial charge in [0.2, 0.25) is 0 Å². The molecule has 136 valence electrons. The first-order valence-electron chi connectivity index (χ1n) is 7.67. The number of halogens is 1. The second kappa shape index (κ2) is 8.21. The molecule has 0 aliphatic heterocycles. The van der Waals surface area contributed by atoms with E-state index >= 15 is 0 Å². The number of hydrazone groups is 1. The summed E-state index contributed by atoms with van der Waals surface area (Å²) in [6, 6.07) is 10.7. The van der Waals surface area contributed by atoms with Gasteiger partial charge in [-0.2, -0.15) is 5.10 Å². The van der Waals surface area contributed by atoms with E-state index in [1.165, 1.54) is 30.9 Å². The topological polar surface area (TPSA) is 85.2 Å². The van der Waals surface area contributed by atoms with Gasteiger partial charge in [0, 0.05) is 38.0 Å². The fourth-order valence-electron chi connectivity index (χ4n) is 2.26. The Morgan fingerprint density at radius 3 is 2.46 bits per heavy atom. The van der Waals surface area contributed by atoms with E-state index < -0.39 is 11.7 Å². The second-order valence-corrected chi connectivity index (χ2v) is 5.66. The Morgan fingerprint density at radius 2 is 1.85 bits per heavy atom. The summed E-state index contributed by atoms with van der Waals surface area (Å²) in [5.41, 5.74) is 2.70. The van der Waals surface area contributed by atoms with Gasteiger partial charge in [0.05, 0.1) is 11.8 Å². The predicted octanol–water partition coefficient (Wildman–Crippen LogP) is 2.12. The normalized spacial score (nSPS) is 10.7. The number of carbonyl (C=O) groups excluding carboxylic acids is 2. The molecule has 7 nitrogen and oxygen atoms in total. The molecule has 2 rings (SSSR count). The van der Waals surface area contributed by atoms with Crippen LogP contribution in [0.2, 0.25) is 0 Å². The van der Waals surface area contributed by atoms with Gasteiger partial charge in [0.15, 0.2) is 0 Å². The van der Waals surface area contributed by atoms with Crippen molar-refractivity contribution in [1.82, 2.24) is 10.5 Å². The van der Waals surface area contributed by atoms with Gasteiger partial charge in [0.1, 0.15) is 5.82 Å². The second-order valence-electron chi connectivity index (χ2n) is 5.66. The van der Waals surface area contributed by atoms with E-state index in [-0.39, 0.29) is 17.0 Å². The molecule has 0 aliphatic rings. The first-order valence-corrected chi connectivity index (χ1v) is 7.67. The number of nitrogens with zero attached hydrogens (tertiary/aromatic N) is 3. The van der Waals surface area contributed by atoms with Crippen LogP contribution < -0.4 is 10.4 Å². The van der Waals surface area contributed by atoms with Crippen LogP contribution in [0, 0.1) is 5.82 Å². The number of benzene rings is 2. The number of hydroxylamine groups is 1. The number of amides is 2. The van der Waals surface area contributed by atoms with Crippen LogP contribution in [-0.2, 0) is 0 Å². The van der Waals surface area contributed by atoms with Gasteiger partial charge < -0.3 is 4.90 Å². The summed E-state index contributed by atoms with van der Waals surface area (Å²) in [5.74, 6) is -1.87. The summed E-state index contributed by atoms with van der Waals surface area (Å²) < 4.78 is 14.0. The van der Waals surface area contributed by atoms with Crippen molar-refractivity contribution in [3.05, 3.63) is 65.0 Å². The third-order valence-corrected chi connectivity index (χ3v) is 3.64. The number of rotatable bonds is 5. The zero-order chi connectivity index (χ0) is 19.3. The average Bonchev–Trinajstić information content (AvgIpc) is 2.65. The largest absolute Gasteiger partial charge is 0.377 e. The predicted molar refractivity (Wildman–Crippen MR) is 96.1 cm³/mol. The van der Waals surface area contributed by atoms with Crippen LogP contribution in [0.4, 0.5) is 10.1 Å². The maximum atomic E-state index is 14.0. The Bertz CT molecular complexity index is 852. The van der Waals surface area contributed by atoms with Gasteiger partial charge in [-0.25, -0.2) is 14.9 Å². The number of carbonyl (C=O) groups is 2. The molecule has 0 radical (unpaired) electrons. The zero-order valence-corrected chi connectivity index (χ0v) is 14.6. The van der Waals surface area contributed by atoms with Crippen LogP contribution in [0.15, 0.2) is 47.6 Å². The molecule has 2 N–H and O–H groups in total. The monoisotopic (exact) mass is 358 g/mol. The van der Waals surface area contributed by atoms with Crippen LogP contribution in [0.3, 0.4) is 0 Å². The smallest absolute Gasteiger partial charge is 0.275 e. The summed E-state index contributed by atoms with van der Waals surface area (Å²) in [6.45, 7) is 0. The maximum absolute atomic E-state index is 14.0. The van der Waals surface area contributed by atoms with Crippen LogP contribution in [-0.4, -0.2) is 49.4 Å². The molecular weight excluding hydrogens is 339 g/mol. The van der Waals surface area contributed by atoms with Gasteiger partial charge in [0.25, 0.3) is 11.8 Å². The van der Waals surface area contributed by atoms with E-state index in [0.29, 0.717) is 5.56 Å². The molecule has 0 atom stereocenters. The molecule has 2 aromatic carbocycles. The fourth-order valence-corrected chi connectivity index (χ4v) is 2.26. The SMILES string of the molecule is CN(N=Cc1ccc(C(=O)NO)cc1F)C(=O)c1ccccc1N(C)C. The van der Waals surface area contributed by atoms with Crippen molar-refractivity contribution in [2.45, 2.75) is 0 Å². The molecule has 8 heteroatoms. The molecular formula is C18H19FN4O3. The van der Waals surface area contributed by atoms with Crippen molar-refractivity contribution in [1.29, 1.82) is 0 Å². The Hall–Kier alpha value is -3.26. The van der Waals surface area contributed by atoms with Gasteiger partial charge in [-0.1, -0.05) is 12.1 Å². The minimum atomic E-state index is -0.819. The van der Waals surface area contributed by atoms with Crippen LogP contribution in [0.25, 0.3) is 0 Å². The highest BCUT2D eigenvalue weighted by Crippen LogP contribution is 2.19. The molecule has 0 heterocycles. The minimum Gasteiger partial charge on any atom is -0.377 e. The zero-order valence-electron chi connectivity index (χ0n) is 14.6. The van der Waals surface area contributed by atoms with Crippen molar-refractivity contribution >= 4 is 23.7 Å². The molecule has 0 saturated heterocycles. The first-order chi connectivity index (χ1) is 12.3. The third kappa shape index (κ3) is 4.22. The molecule has 0 fully saturated rings. The molecule has 0 aromatic heterocycles. The third-order valence-electron chi connectivity index (χ3n) is 3.64. The van der Waals surface area contributed by atoms with Gasteiger partial charge in [-0.3, -0.25) is 14.8 Å². The van der Waals surface area contributed by atoms with Crippen molar-refractivity contribution in [3.8, 4) is 0 Å². The van der Waals surface area contributed by atoms with Crippen molar-refractivity contribution < 1.29 is 19.2 Å². The summed E-state index contributed by atoms with van der Waals surface area (Å²) >= 11 is 0. The van der Waals surface area contributed by atoms with E-state index in [2.05, 4.69) is 5.10 Å². The number of para-hydroxylation sites is 1. The standard InChI is InChI=1S/C18H19FN4O3/c1-22(2)16-7-5-4-6-14(16)18(25)23(3)20-11-13-9-8-12(10-15(13)19)17(24)21-26/h4-11,26H,1-3H3,(H,21,24). The van der Waals surface area contributed by atoms with Gasteiger partial charge in [-0.15, -0.1) is 0 Å². The average molecular weight is 358 g/mol. The highest BCUT2D eigenvalue weighted by Gasteiger charge is 2.16. The van der Waals surface area contributed by atoms with E-state index in [1.54, 1.807) is 12.1 Å². The molecule has 0 unspecified atom stereocenters. The van der Waals surface area contributed by atoms with Crippen molar-refractivity contribution in [3.63, 3.8) is 0 Å². The lowest BCUT2D eigenvalue weighted by Gasteiger charge is -2.19. The molecule has 0 bridgehead atoms. The summed E-state index contributed by atoms with van der Waals surface area (Å²) in [4.78, 5) is 25.6. The molecule has 2 amide bonds. The lowest BCUT2D eigenvalue weighted by molar-refractivity contribution is 0.0705. The number of anilines is 1. The Balaban J connectivity index is 2.21. The highest BCUT2D eigenvalue weighted by molar-refractivity contribution is 6.00. The molecule has 26 heavy (non-hydrogen) atoms. The summed E-state index contributed by atoms with van der Waals surface area (Å²) in [6.07, 6.45) is 1.19.